The van der Waals surface area contributed by atoms with Crippen LogP contribution in [0.25, 0.3) is 6.08 Å². The van der Waals surface area contributed by atoms with Crippen LogP contribution in [0.5, 0.6) is 0 Å². The van der Waals surface area contributed by atoms with Crippen LogP contribution >= 0.6 is 27.3 Å². The van der Waals surface area contributed by atoms with Gasteiger partial charge in [0.25, 0.3) is 0 Å². The lowest BCUT2D eigenvalue weighted by atomic mass is 10.1. The van der Waals surface area contributed by atoms with Crippen LogP contribution in [-0.4, -0.2) is 10.7 Å². The van der Waals surface area contributed by atoms with Crippen molar-refractivity contribution in [1.29, 1.82) is 0 Å². The summed E-state index contributed by atoms with van der Waals surface area (Å²) in [7, 11) is 0. The topological polar surface area (TPSA) is 60.2 Å². The van der Waals surface area contributed by atoms with E-state index in [4.69, 9.17) is 0 Å². The molecule has 6 heteroatoms. The van der Waals surface area contributed by atoms with Crippen molar-refractivity contribution in [2.24, 2.45) is 0 Å². The van der Waals surface area contributed by atoms with E-state index in [1.165, 1.54) is 12.1 Å². The zero-order chi connectivity index (χ0) is 13.8. The summed E-state index contributed by atoms with van der Waals surface area (Å²) in [5.41, 5.74) is 1.23. The third-order valence-electron chi connectivity index (χ3n) is 2.34. The Balaban J connectivity index is 2.11. The van der Waals surface area contributed by atoms with Crippen LogP contribution < -0.4 is 0 Å². The van der Waals surface area contributed by atoms with Gasteiger partial charge in [0.1, 0.15) is 0 Å². The molecule has 1 aromatic heterocycles. The van der Waals surface area contributed by atoms with Crippen molar-refractivity contribution in [3.8, 4) is 0 Å². The fourth-order valence-corrected chi connectivity index (χ4v) is 2.36. The van der Waals surface area contributed by atoms with Gasteiger partial charge in [-0.2, -0.15) is 0 Å². The summed E-state index contributed by atoms with van der Waals surface area (Å²) in [6, 6.07) is 8.45. The van der Waals surface area contributed by atoms with E-state index < -0.39 is 4.92 Å². The molecular formula is C13H8BrNO3S. The highest BCUT2D eigenvalue weighted by Crippen LogP contribution is 2.23. The number of carbonyl (C=O) groups is 1. The van der Waals surface area contributed by atoms with Crippen LogP contribution in [0.1, 0.15) is 15.9 Å². The predicted octanol–water partition coefficient (Wildman–Crippen LogP) is 4.31. The Morgan fingerprint density at radius 3 is 2.58 bits per heavy atom. The lowest BCUT2D eigenvalue weighted by Crippen LogP contribution is -1.92. The minimum absolute atomic E-state index is 0.0655. The summed E-state index contributed by atoms with van der Waals surface area (Å²) < 4.78 is 0.904. The molecule has 0 N–H and O–H groups in total. The zero-order valence-corrected chi connectivity index (χ0v) is 12.0. The molecule has 4 nitrogen and oxygen atoms in total. The van der Waals surface area contributed by atoms with Crippen LogP contribution in [-0.2, 0) is 0 Å². The minimum atomic E-state index is -0.446. The van der Waals surface area contributed by atoms with Crippen molar-refractivity contribution < 1.29 is 9.72 Å². The smallest absolute Gasteiger partial charge is 0.289 e. The molecule has 19 heavy (non-hydrogen) atoms. The van der Waals surface area contributed by atoms with Crippen LogP contribution in [0, 0.1) is 10.1 Å². The Bertz CT molecular complexity index is 646. The van der Waals surface area contributed by atoms with Gasteiger partial charge in [-0.15, -0.1) is 0 Å². The van der Waals surface area contributed by atoms with Gasteiger partial charge in [0.15, 0.2) is 5.78 Å². The van der Waals surface area contributed by atoms with E-state index in [9.17, 15) is 14.9 Å². The Hall–Kier alpha value is -1.79. The van der Waals surface area contributed by atoms with E-state index in [-0.39, 0.29) is 10.8 Å². The summed E-state index contributed by atoms with van der Waals surface area (Å²) in [6.07, 6.45) is 2.99. The standard InChI is InChI=1S/C13H8BrNO3S/c14-11-4-2-10(3-5-11)12(16)6-1-9-7-13(15(17)18)19-8-9/h1-8H/b6-1+. The Morgan fingerprint density at radius 1 is 1.32 bits per heavy atom. The Morgan fingerprint density at radius 2 is 2.00 bits per heavy atom. The lowest BCUT2D eigenvalue weighted by Gasteiger charge is -1.95. The maximum Gasteiger partial charge on any atom is 0.324 e. The second-order valence-corrected chi connectivity index (χ2v) is 5.49. The fraction of sp³-hybridized carbons (Fsp3) is 0. The quantitative estimate of drug-likeness (QED) is 0.361. The maximum atomic E-state index is 11.8. The van der Waals surface area contributed by atoms with E-state index in [1.807, 2.05) is 0 Å². The molecule has 0 unspecified atom stereocenters. The van der Waals surface area contributed by atoms with Gasteiger partial charge in [0.05, 0.1) is 4.92 Å². The van der Waals surface area contributed by atoms with Gasteiger partial charge in [-0.05, 0) is 42.0 Å². The van der Waals surface area contributed by atoms with Gasteiger partial charge in [-0.1, -0.05) is 27.3 Å². The second-order valence-electron chi connectivity index (χ2n) is 3.68. The van der Waals surface area contributed by atoms with Crippen molar-refractivity contribution >= 4 is 44.1 Å². The molecule has 0 aliphatic rings. The number of thiophene rings is 1. The van der Waals surface area contributed by atoms with Crippen molar-refractivity contribution in [3.05, 3.63) is 67.5 Å². The third-order valence-corrected chi connectivity index (χ3v) is 3.77. The lowest BCUT2D eigenvalue weighted by molar-refractivity contribution is -0.380. The van der Waals surface area contributed by atoms with E-state index in [1.54, 1.807) is 35.7 Å². The maximum absolute atomic E-state index is 11.8. The van der Waals surface area contributed by atoms with Gasteiger partial charge in [-0.3, -0.25) is 14.9 Å². The number of rotatable bonds is 4. The number of halogens is 1. The Labute approximate surface area is 121 Å². The Kier molecular flexibility index (Phi) is 4.24. The highest BCUT2D eigenvalue weighted by molar-refractivity contribution is 9.10. The van der Waals surface area contributed by atoms with E-state index in [0.29, 0.717) is 11.1 Å². The first-order valence-electron chi connectivity index (χ1n) is 5.27. The molecule has 2 rings (SSSR count). The van der Waals surface area contributed by atoms with E-state index in [2.05, 4.69) is 15.9 Å². The molecule has 0 atom stereocenters. The molecule has 0 saturated carbocycles. The van der Waals surface area contributed by atoms with Gasteiger partial charge < -0.3 is 0 Å². The normalized spacial score (nSPS) is 10.8. The van der Waals surface area contributed by atoms with Crippen molar-refractivity contribution in [2.75, 3.05) is 0 Å². The van der Waals surface area contributed by atoms with Gasteiger partial charge >= 0.3 is 5.00 Å². The summed E-state index contributed by atoms with van der Waals surface area (Å²) >= 11 is 4.33. The molecule has 96 valence electrons. The number of nitro groups is 1. The number of hydrogen-bond acceptors (Lipinski definition) is 4. The summed E-state index contributed by atoms with van der Waals surface area (Å²) in [5, 5.41) is 12.2. The molecule has 0 radical (unpaired) electrons. The van der Waals surface area contributed by atoms with Crippen LogP contribution in [0.15, 0.2) is 46.3 Å². The van der Waals surface area contributed by atoms with Crippen LogP contribution in [0.2, 0.25) is 0 Å². The largest absolute Gasteiger partial charge is 0.324 e. The highest BCUT2D eigenvalue weighted by Gasteiger charge is 2.08. The molecule has 0 spiro atoms. The summed E-state index contributed by atoms with van der Waals surface area (Å²) in [6.45, 7) is 0. The number of ketones is 1. The number of allylic oxidation sites excluding steroid dienone is 1. The first-order chi connectivity index (χ1) is 9.06. The van der Waals surface area contributed by atoms with Crippen molar-refractivity contribution in [1.82, 2.24) is 0 Å². The monoisotopic (exact) mass is 337 g/mol. The predicted molar refractivity (Wildman–Crippen MR) is 78.5 cm³/mol. The molecule has 0 amide bonds. The van der Waals surface area contributed by atoms with Gasteiger partial charge in [0, 0.05) is 21.5 Å². The number of carbonyl (C=O) groups excluding carboxylic acids is 1. The molecule has 0 aliphatic carbocycles. The molecular weight excluding hydrogens is 330 g/mol. The molecule has 1 heterocycles. The molecule has 0 saturated heterocycles. The highest BCUT2D eigenvalue weighted by atomic mass is 79.9. The van der Waals surface area contributed by atoms with E-state index >= 15 is 0 Å². The fourth-order valence-electron chi connectivity index (χ4n) is 1.40. The minimum Gasteiger partial charge on any atom is -0.289 e. The number of nitrogens with zero attached hydrogens (tertiary/aromatic N) is 1. The molecule has 0 fully saturated rings. The van der Waals surface area contributed by atoms with Crippen molar-refractivity contribution in [2.45, 2.75) is 0 Å². The molecule has 0 bridgehead atoms. The molecule has 1 aromatic carbocycles. The summed E-state index contributed by atoms with van der Waals surface area (Å²) in [5.74, 6) is -0.138. The average molecular weight is 338 g/mol. The number of hydrogen-bond donors (Lipinski definition) is 0. The number of benzene rings is 1. The SMILES string of the molecule is O=C(/C=C/c1csc([N+](=O)[O-])c1)c1ccc(Br)cc1. The van der Waals surface area contributed by atoms with Gasteiger partial charge in [0.2, 0.25) is 0 Å². The average Bonchev–Trinajstić information content (AvgIpc) is 2.86. The third kappa shape index (κ3) is 3.59. The summed E-state index contributed by atoms with van der Waals surface area (Å²) in [4.78, 5) is 21.9. The zero-order valence-electron chi connectivity index (χ0n) is 9.58. The van der Waals surface area contributed by atoms with Crippen molar-refractivity contribution in [3.63, 3.8) is 0 Å². The van der Waals surface area contributed by atoms with E-state index in [0.717, 1.165) is 15.8 Å². The molecule has 2 aromatic rings. The second kappa shape index (κ2) is 5.90. The first kappa shape index (κ1) is 13.6. The first-order valence-corrected chi connectivity index (χ1v) is 6.94. The van der Waals surface area contributed by atoms with Crippen LogP contribution in [0.3, 0.4) is 0 Å². The molecule has 0 aliphatic heterocycles. The van der Waals surface area contributed by atoms with Gasteiger partial charge in [-0.25, -0.2) is 0 Å². The van der Waals surface area contributed by atoms with Crippen LogP contribution in [0.4, 0.5) is 5.00 Å².